The lowest BCUT2D eigenvalue weighted by atomic mass is 10.2. The minimum absolute atomic E-state index is 0. The molecule has 1 N–H and O–H groups in total. The van der Waals surface area contributed by atoms with Gasteiger partial charge in [-0.05, 0) is 11.6 Å². The molecule has 0 aliphatic carbocycles. The van der Waals surface area contributed by atoms with Crippen molar-refractivity contribution in [3.63, 3.8) is 0 Å². The van der Waals surface area contributed by atoms with Crippen molar-refractivity contribution in [2.24, 2.45) is 4.99 Å². The quantitative estimate of drug-likeness (QED) is 0.454. The topological polar surface area (TPSA) is 49.8 Å². The van der Waals surface area contributed by atoms with Crippen molar-refractivity contribution >= 4 is 29.9 Å². The lowest BCUT2D eigenvalue weighted by Crippen LogP contribution is -2.38. The zero-order valence-electron chi connectivity index (χ0n) is 13.7. The minimum atomic E-state index is 0. The number of guanidine groups is 1. The van der Waals surface area contributed by atoms with Gasteiger partial charge in [-0.1, -0.05) is 36.4 Å². The van der Waals surface area contributed by atoms with Crippen LogP contribution in [0.5, 0.6) is 5.88 Å². The van der Waals surface area contributed by atoms with Crippen LogP contribution in [0.4, 0.5) is 0 Å². The number of hydrogen-bond acceptors (Lipinski definition) is 3. The van der Waals surface area contributed by atoms with E-state index in [2.05, 4.69) is 32.3 Å². The minimum Gasteiger partial charge on any atom is -0.481 e. The van der Waals surface area contributed by atoms with Crippen molar-refractivity contribution in [2.75, 3.05) is 21.2 Å². The van der Waals surface area contributed by atoms with Gasteiger partial charge in [-0.25, -0.2) is 4.98 Å². The first-order chi connectivity index (χ1) is 10.7. The Kier molecular flexibility index (Phi) is 8.39. The Balaban J connectivity index is 0.00000264. The monoisotopic (exact) mass is 426 g/mol. The second-order valence-corrected chi connectivity index (χ2v) is 4.91. The third-order valence-electron chi connectivity index (χ3n) is 3.25. The number of hydrogen-bond donors (Lipinski definition) is 1. The first-order valence-electron chi connectivity index (χ1n) is 7.18. The van der Waals surface area contributed by atoms with Crippen LogP contribution in [0.25, 0.3) is 0 Å². The smallest absolute Gasteiger partial charge is 0.213 e. The van der Waals surface area contributed by atoms with E-state index in [-0.39, 0.29) is 24.0 Å². The van der Waals surface area contributed by atoms with Crippen LogP contribution in [-0.2, 0) is 13.1 Å². The fourth-order valence-corrected chi connectivity index (χ4v) is 2.16. The van der Waals surface area contributed by atoms with Crippen molar-refractivity contribution in [1.29, 1.82) is 0 Å². The maximum atomic E-state index is 5.13. The molecule has 2 rings (SSSR count). The van der Waals surface area contributed by atoms with Crippen molar-refractivity contribution < 1.29 is 4.74 Å². The van der Waals surface area contributed by atoms with Crippen LogP contribution in [0.2, 0.25) is 0 Å². The molecule has 0 saturated carbocycles. The van der Waals surface area contributed by atoms with Gasteiger partial charge in [0.05, 0.1) is 19.3 Å². The van der Waals surface area contributed by atoms with E-state index in [1.165, 1.54) is 5.56 Å². The number of nitrogens with zero attached hydrogens (tertiary/aromatic N) is 3. The maximum Gasteiger partial charge on any atom is 0.213 e. The number of pyridine rings is 1. The number of halogens is 1. The first-order valence-corrected chi connectivity index (χ1v) is 7.18. The van der Waals surface area contributed by atoms with Gasteiger partial charge in [0.1, 0.15) is 0 Å². The Hall–Kier alpha value is -1.83. The molecule has 0 saturated heterocycles. The number of benzene rings is 1. The van der Waals surface area contributed by atoms with E-state index < -0.39 is 0 Å². The van der Waals surface area contributed by atoms with E-state index in [0.29, 0.717) is 12.4 Å². The average molecular weight is 426 g/mol. The summed E-state index contributed by atoms with van der Waals surface area (Å²) in [5.41, 5.74) is 2.15. The van der Waals surface area contributed by atoms with Gasteiger partial charge < -0.3 is 15.0 Å². The van der Waals surface area contributed by atoms with Crippen LogP contribution in [0.1, 0.15) is 11.3 Å². The van der Waals surface area contributed by atoms with Crippen molar-refractivity contribution in [3.8, 4) is 5.88 Å². The van der Waals surface area contributed by atoms with E-state index in [0.717, 1.165) is 18.2 Å². The Labute approximate surface area is 154 Å². The van der Waals surface area contributed by atoms with Crippen molar-refractivity contribution in [2.45, 2.75) is 13.1 Å². The summed E-state index contributed by atoms with van der Waals surface area (Å²) < 4.78 is 5.13. The number of methoxy groups -OCH3 is 1. The highest BCUT2D eigenvalue weighted by atomic mass is 127. The highest BCUT2D eigenvalue weighted by molar-refractivity contribution is 14.0. The fourth-order valence-electron chi connectivity index (χ4n) is 2.16. The van der Waals surface area contributed by atoms with Crippen molar-refractivity contribution in [3.05, 3.63) is 59.8 Å². The molecule has 0 atom stereocenters. The van der Waals surface area contributed by atoms with Gasteiger partial charge >= 0.3 is 0 Å². The predicted octanol–water partition coefficient (Wildman–Crippen LogP) is 2.92. The first kappa shape index (κ1) is 19.2. The molecule has 0 spiro atoms. The van der Waals surface area contributed by atoms with E-state index in [4.69, 9.17) is 4.74 Å². The molecule has 124 valence electrons. The second kappa shape index (κ2) is 10.0. The molecule has 0 aliphatic heterocycles. The summed E-state index contributed by atoms with van der Waals surface area (Å²) in [6.07, 6.45) is 0. The Morgan fingerprint density at radius 3 is 2.57 bits per heavy atom. The van der Waals surface area contributed by atoms with E-state index in [9.17, 15) is 0 Å². The SMILES string of the molecule is CN=C(NCc1cccc(OC)n1)N(C)Cc1ccccc1.I. The summed E-state index contributed by atoms with van der Waals surface area (Å²) in [7, 11) is 5.41. The van der Waals surface area contributed by atoms with Gasteiger partial charge in [-0.3, -0.25) is 4.99 Å². The second-order valence-electron chi connectivity index (χ2n) is 4.91. The average Bonchev–Trinajstić information content (AvgIpc) is 2.56. The third-order valence-corrected chi connectivity index (χ3v) is 3.25. The molecule has 0 radical (unpaired) electrons. The molecule has 23 heavy (non-hydrogen) atoms. The lowest BCUT2D eigenvalue weighted by molar-refractivity contribution is 0.396. The molecule has 0 bridgehead atoms. The molecule has 1 heterocycles. The molecule has 0 amide bonds. The van der Waals surface area contributed by atoms with Gasteiger partial charge in [-0.15, -0.1) is 24.0 Å². The van der Waals surface area contributed by atoms with Crippen LogP contribution in [0.3, 0.4) is 0 Å². The number of rotatable bonds is 5. The molecule has 1 aromatic carbocycles. The van der Waals surface area contributed by atoms with E-state index >= 15 is 0 Å². The van der Waals surface area contributed by atoms with Gasteiger partial charge in [0, 0.05) is 26.7 Å². The summed E-state index contributed by atoms with van der Waals surface area (Å²) >= 11 is 0. The Morgan fingerprint density at radius 2 is 1.91 bits per heavy atom. The van der Waals surface area contributed by atoms with Gasteiger partial charge in [0.2, 0.25) is 5.88 Å². The summed E-state index contributed by atoms with van der Waals surface area (Å²) in [5, 5.41) is 3.31. The van der Waals surface area contributed by atoms with E-state index in [1.54, 1.807) is 14.2 Å². The summed E-state index contributed by atoms with van der Waals surface area (Å²) in [6.45, 7) is 1.40. The molecule has 0 fully saturated rings. The molecule has 0 unspecified atom stereocenters. The Morgan fingerprint density at radius 1 is 1.17 bits per heavy atom. The van der Waals surface area contributed by atoms with Crippen molar-refractivity contribution in [1.82, 2.24) is 15.2 Å². The zero-order valence-corrected chi connectivity index (χ0v) is 16.0. The maximum absolute atomic E-state index is 5.13. The molecule has 2 aromatic rings. The summed E-state index contributed by atoms with van der Waals surface area (Å²) in [5.74, 6) is 1.44. The number of nitrogens with one attached hydrogen (secondary N) is 1. The van der Waals surface area contributed by atoms with Crippen LogP contribution >= 0.6 is 24.0 Å². The summed E-state index contributed by atoms with van der Waals surface area (Å²) in [6, 6.07) is 16.0. The molecule has 0 aliphatic rings. The Bertz CT molecular complexity index is 619. The standard InChI is InChI=1S/C17H22N4O.HI/c1-18-17(21(2)13-14-8-5-4-6-9-14)19-12-15-10-7-11-16(20-15)22-3;/h4-11H,12-13H2,1-3H3,(H,18,19);1H. The molecular formula is C17H23IN4O. The molecule has 6 heteroatoms. The van der Waals surface area contributed by atoms with E-state index in [1.807, 2.05) is 43.4 Å². The highest BCUT2D eigenvalue weighted by Gasteiger charge is 2.07. The zero-order chi connectivity index (χ0) is 15.8. The normalized spacial score (nSPS) is 10.7. The van der Waals surface area contributed by atoms with Crippen LogP contribution in [-0.4, -0.2) is 37.0 Å². The summed E-state index contributed by atoms with van der Waals surface area (Å²) in [4.78, 5) is 10.8. The fraction of sp³-hybridized carbons (Fsp3) is 0.294. The molecule has 5 nitrogen and oxygen atoms in total. The molecular weight excluding hydrogens is 403 g/mol. The van der Waals surface area contributed by atoms with Crippen LogP contribution in [0.15, 0.2) is 53.5 Å². The largest absolute Gasteiger partial charge is 0.481 e. The third kappa shape index (κ3) is 6.05. The van der Waals surface area contributed by atoms with Gasteiger partial charge in [0.15, 0.2) is 5.96 Å². The lowest BCUT2D eigenvalue weighted by Gasteiger charge is -2.22. The predicted molar refractivity (Wildman–Crippen MR) is 104 cm³/mol. The van der Waals surface area contributed by atoms with Gasteiger partial charge in [-0.2, -0.15) is 0 Å². The highest BCUT2D eigenvalue weighted by Crippen LogP contribution is 2.07. The van der Waals surface area contributed by atoms with Crippen LogP contribution < -0.4 is 10.1 Å². The number of aromatic nitrogens is 1. The number of ether oxygens (including phenoxy) is 1. The van der Waals surface area contributed by atoms with Crippen LogP contribution in [0, 0.1) is 0 Å². The molecule has 1 aromatic heterocycles. The van der Waals surface area contributed by atoms with Gasteiger partial charge in [0.25, 0.3) is 0 Å². The number of aliphatic imine (C=N–C) groups is 1.